The predicted molar refractivity (Wildman–Crippen MR) is 158 cm³/mol. The number of aromatic hydroxyl groups is 1. The third kappa shape index (κ3) is 6.44. The quantitative estimate of drug-likeness (QED) is 0.254. The van der Waals surface area contributed by atoms with E-state index in [-0.39, 0.29) is 41.3 Å². The Kier molecular flexibility index (Phi) is 8.20. The SMILES string of the molecule is Cc1cn(CC(=O)c2cc(C(C)(C)C)c(O)c(C(C)(C)C)c2)c(=NCc2ccccc2F)n1Cc1ccccc1. The summed E-state index contributed by atoms with van der Waals surface area (Å²) < 4.78 is 18.3. The fourth-order valence-electron chi connectivity index (χ4n) is 4.89. The van der Waals surface area contributed by atoms with E-state index < -0.39 is 0 Å². The molecule has 1 aromatic heterocycles. The molecule has 0 bridgehead atoms. The Bertz CT molecular complexity index is 1550. The molecule has 4 aromatic rings. The smallest absolute Gasteiger partial charge is 0.206 e. The molecule has 0 spiro atoms. The number of aromatic nitrogens is 2. The van der Waals surface area contributed by atoms with E-state index in [4.69, 9.17) is 4.99 Å². The summed E-state index contributed by atoms with van der Waals surface area (Å²) in [4.78, 5) is 18.7. The van der Waals surface area contributed by atoms with Crippen molar-refractivity contribution in [3.05, 3.63) is 118 Å². The number of Topliss-reactive ketones (excluding diaryl/α,β-unsaturated/α-hetero) is 1. The Labute approximate surface area is 236 Å². The minimum atomic E-state index is -0.344. The first-order valence-electron chi connectivity index (χ1n) is 13.7. The van der Waals surface area contributed by atoms with Gasteiger partial charge in [-0.05, 0) is 41.5 Å². The molecule has 0 atom stereocenters. The van der Waals surface area contributed by atoms with Crippen molar-refractivity contribution in [2.75, 3.05) is 0 Å². The third-order valence-corrected chi connectivity index (χ3v) is 7.16. The standard InChI is InChI=1S/C34H40FN3O2/c1-23-20-37(22-30(39)26-17-27(33(2,3)4)31(40)28(18-26)34(5,6)7)32(36-19-25-15-11-12-16-29(25)35)38(23)21-24-13-9-8-10-14-24/h8-18,20,40H,19,21-22H2,1-7H3. The van der Waals surface area contributed by atoms with Crippen LogP contribution in [0.4, 0.5) is 4.39 Å². The van der Waals surface area contributed by atoms with E-state index in [2.05, 4.69) is 4.57 Å². The zero-order chi connectivity index (χ0) is 29.2. The zero-order valence-electron chi connectivity index (χ0n) is 24.6. The van der Waals surface area contributed by atoms with Crippen LogP contribution in [0.25, 0.3) is 0 Å². The first-order chi connectivity index (χ1) is 18.8. The Morgan fingerprint density at radius 2 is 1.48 bits per heavy atom. The summed E-state index contributed by atoms with van der Waals surface area (Å²) in [5.41, 5.74) is 4.50. The van der Waals surface area contributed by atoms with Crippen LogP contribution in [0.3, 0.4) is 0 Å². The lowest BCUT2D eigenvalue weighted by Crippen LogP contribution is -2.30. The summed E-state index contributed by atoms with van der Waals surface area (Å²) in [5, 5.41) is 11.1. The molecule has 1 N–H and O–H groups in total. The lowest BCUT2D eigenvalue weighted by Gasteiger charge is -2.28. The first kappa shape index (κ1) is 29.1. The Hall–Kier alpha value is -3.93. The highest BCUT2D eigenvalue weighted by molar-refractivity contribution is 5.96. The van der Waals surface area contributed by atoms with E-state index in [1.807, 2.05) is 102 Å². The van der Waals surface area contributed by atoms with Crippen molar-refractivity contribution in [3.63, 3.8) is 0 Å². The van der Waals surface area contributed by atoms with Crippen molar-refractivity contribution in [2.24, 2.45) is 4.99 Å². The monoisotopic (exact) mass is 541 g/mol. The first-order valence-corrected chi connectivity index (χ1v) is 13.7. The second-order valence-electron chi connectivity index (χ2n) is 12.5. The van der Waals surface area contributed by atoms with Gasteiger partial charge in [0.2, 0.25) is 5.62 Å². The summed E-state index contributed by atoms with van der Waals surface area (Å²) in [5.74, 6) is -0.143. The van der Waals surface area contributed by atoms with E-state index in [9.17, 15) is 14.3 Å². The topological polar surface area (TPSA) is 59.5 Å². The number of phenols is 1. The number of carbonyl (C=O) groups is 1. The molecule has 0 saturated carbocycles. The maximum atomic E-state index is 14.4. The van der Waals surface area contributed by atoms with Gasteiger partial charge in [-0.25, -0.2) is 9.38 Å². The lowest BCUT2D eigenvalue weighted by molar-refractivity contribution is 0.0970. The molecule has 0 saturated heterocycles. The Morgan fingerprint density at radius 1 is 0.900 bits per heavy atom. The van der Waals surface area contributed by atoms with E-state index in [0.717, 1.165) is 22.4 Å². The van der Waals surface area contributed by atoms with Gasteiger partial charge in [-0.2, -0.15) is 0 Å². The van der Waals surface area contributed by atoms with Crippen LogP contribution in [0.2, 0.25) is 0 Å². The molecule has 210 valence electrons. The fourth-order valence-corrected chi connectivity index (χ4v) is 4.89. The molecule has 0 radical (unpaired) electrons. The van der Waals surface area contributed by atoms with Gasteiger partial charge in [0, 0.05) is 34.1 Å². The van der Waals surface area contributed by atoms with Gasteiger partial charge in [-0.15, -0.1) is 0 Å². The van der Waals surface area contributed by atoms with Crippen LogP contribution >= 0.6 is 0 Å². The average molecular weight is 542 g/mol. The van der Waals surface area contributed by atoms with E-state index in [1.54, 1.807) is 18.2 Å². The highest BCUT2D eigenvalue weighted by atomic mass is 19.1. The van der Waals surface area contributed by atoms with E-state index >= 15 is 0 Å². The third-order valence-electron chi connectivity index (χ3n) is 7.16. The van der Waals surface area contributed by atoms with Gasteiger partial charge in [0.1, 0.15) is 11.6 Å². The van der Waals surface area contributed by atoms with Crippen molar-refractivity contribution in [2.45, 2.75) is 78.9 Å². The molecule has 3 aromatic carbocycles. The molecule has 4 rings (SSSR count). The summed E-state index contributed by atoms with van der Waals surface area (Å²) in [6.07, 6.45) is 1.93. The molecular weight excluding hydrogens is 501 g/mol. The second-order valence-corrected chi connectivity index (χ2v) is 12.5. The second kappa shape index (κ2) is 11.3. The number of phenolic OH excluding ortho intramolecular Hbond substituents is 1. The van der Waals surface area contributed by atoms with Crippen molar-refractivity contribution >= 4 is 5.78 Å². The van der Waals surface area contributed by atoms with Crippen LogP contribution in [0.5, 0.6) is 5.75 Å². The highest BCUT2D eigenvalue weighted by Gasteiger charge is 2.28. The number of benzene rings is 3. The Morgan fingerprint density at radius 3 is 2.05 bits per heavy atom. The molecular formula is C34H40FN3O2. The maximum Gasteiger partial charge on any atom is 0.206 e. The number of carbonyl (C=O) groups excluding carboxylic acids is 1. The van der Waals surface area contributed by atoms with Crippen molar-refractivity contribution in [1.82, 2.24) is 9.13 Å². The van der Waals surface area contributed by atoms with Crippen molar-refractivity contribution < 1.29 is 14.3 Å². The zero-order valence-corrected chi connectivity index (χ0v) is 24.6. The average Bonchev–Trinajstić information content (AvgIpc) is 3.16. The van der Waals surface area contributed by atoms with Gasteiger partial charge in [-0.3, -0.25) is 4.79 Å². The number of imidazole rings is 1. The molecule has 0 fully saturated rings. The number of nitrogens with zero attached hydrogens (tertiary/aromatic N) is 3. The van der Waals surface area contributed by atoms with Crippen molar-refractivity contribution in [1.29, 1.82) is 0 Å². The fraction of sp³-hybridized carbons (Fsp3) is 0.353. The van der Waals surface area contributed by atoms with Crippen LogP contribution < -0.4 is 5.62 Å². The van der Waals surface area contributed by atoms with Gasteiger partial charge in [-0.1, -0.05) is 90.1 Å². The normalized spacial score (nSPS) is 12.7. The van der Waals surface area contributed by atoms with Crippen LogP contribution in [-0.2, 0) is 30.5 Å². The lowest BCUT2D eigenvalue weighted by atomic mass is 9.78. The molecule has 1 heterocycles. The molecule has 0 aliphatic heterocycles. The molecule has 0 amide bonds. The van der Waals surface area contributed by atoms with E-state index in [1.165, 1.54) is 6.07 Å². The highest BCUT2D eigenvalue weighted by Crippen LogP contribution is 2.39. The summed E-state index contributed by atoms with van der Waals surface area (Å²) in [7, 11) is 0. The predicted octanol–water partition coefficient (Wildman–Crippen LogP) is 7.07. The minimum absolute atomic E-state index is 0.0661. The summed E-state index contributed by atoms with van der Waals surface area (Å²) in [6, 6.07) is 20.3. The van der Waals surface area contributed by atoms with Crippen LogP contribution in [0, 0.1) is 12.7 Å². The number of aryl methyl sites for hydroxylation is 1. The molecule has 0 unspecified atom stereocenters. The number of hydrogen-bond donors (Lipinski definition) is 1. The Balaban J connectivity index is 1.80. The van der Waals surface area contributed by atoms with Crippen LogP contribution in [0.15, 0.2) is 77.9 Å². The molecule has 40 heavy (non-hydrogen) atoms. The van der Waals surface area contributed by atoms with Gasteiger partial charge in [0.25, 0.3) is 0 Å². The molecule has 0 aliphatic carbocycles. The summed E-state index contributed by atoms with van der Waals surface area (Å²) >= 11 is 0. The number of ketones is 1. The van der Waals surface area contributed by atoms with Crippen LogP contribution in [0.1, 0.15) is 79.8 Å². The van der Waals surface area contributed by atoms with Gasteiger partial charge < -0.3 is 14.2 Å². The van der Waals surface area contributed by atoms with Gasteiger partial charge in [0.15, 0.2) is 5.78 Å². The number of rotatable bonds is 7. The number of hydrogen-bond acceptors (Lipinski definition) is 3. The van der Waals surface area contributed by atoms with Gasteiger partial charge in [0.05, 0.1) is 19.6 Å². The van der Waals surface area contributed by atoms with Gasteiger partial charge >= 0.3 is 0 Å². The minimum Gasteiger partial charge on any atom is -0.507 e. The van der Waals surface area contributed by atoms with Crippen molar-refractivity contribution in [3.8, 4) is 5.75 Å². The molecule has 5 nitrogen and oxygen atoms in total. The molecule has 6 heteroatoms. The van der Waals surface area contributed by atoms with E-state index in [0.29, 0.717) is 23.3 Å². The number of halogens is 1. The maximum absolute atomic E-state index is 14.4. The summed E-state index contributed by atoms with van der Waals surface area (Å²) in [6.45, 7) is 15.0. The van der Waals surface area contributed by atoms with Crippen LogP contribution in [-0.4, -0.2) is 20.0 Å². The molecule has 0 aliphatic rings. The largest absolute Gasteiger partial charge is 0.507 e.